The summed E-state index contributed by atoms with van der Waals surface area (Å²) in [6, 6.07) is 10.8. The monoisotopic (exact) mass is 229 g/mol. The maximum absolute atomic E-state index is 4.65. The van der Waals surface area contributed by atoms with Crippen LogP contribution in [0.3, 0.4) is 0 Å². The van der Waals surface area contributed by atoms with E-state index < -0.39 is 0 Å². The zero-order chi connectivity index (χ0) is 12.3. The maximum atomic E-state index is 4.65. The maximum Gasteiger partial charge on any atom is 0.0726 e. The predicted molar refractivity (Wildman–Crippen MR) is 73.3 cm³/mol. The fraction of sp³-hybridized carbons (Fsp3) is 0.357. The zero-order valence-corrected chi connectivity index (χ0v) is 10.6. The highest BCUT2D eigenvalue weighted by molar-refractivity contribution is 5.91. The van der Waals surface area contributed by atoms with E-state index in [0.29, 0.717) is 6.04 Å². The molecule has 0 spiro atoms. The van der Waals surface area contributed by atoms with Crippen molar-refractivity contribution in [2.45, 2.75) is 26.4 Å². The van der Waals surface area contributed by atoms with Gasteiger partial charge in [-0.3, -0.25) is 4.98 Å². The van der Waals surface area contributed by atoms with Gasteiger partial charge in [0.15, 0.2) is 0 Å². The number of pyridine rings is 1. The Kier molecular flexibility index (Phi) is 3.59. The molecule has 0 saturated heterocycles. The van der Waals surface area contributed by atoms with Crippen LogP contribution >= 0.6 is 0 Å². The molecule has 2 N–H and O–H groups in total. The molecular formula is C14H19N3. The van der Waals surface area contributed by atoms with Gasteiger partial charge < -0.3 is 10.6 Å². The van der Waals surface area contributed by atoms with Crippen molar-refractivity contribution in [3.63, 3.8) is 0 Å². The number of nitrogens with zero attached hydrogens (tertiary/aromatic N) is 1. The first kappa shape index (κ1) is 11.9. The van der Waals surface area contributed by atoms with Gasteiger partial charge in [0.2, 0.25) is 0 Å². The molecule has 3 nitrogen and oxygen atoms in total. The van der Waals surface area contributed by atoms with Crippen LogP contribution in [0, 0.1) is 0 Å². The van der Waals surface area contributed by atoms with Crippen LogP contribution in [0.2, 0.25) is 0 Å². The van der Waals surface area contributed by atoms with Gasteiger partial charge in [-0.15, -0.1) is 0 Å². The summed E-state index contributed by atoms with van der Waals surface area (Å²) in [5, 5.41) is 7.79. The number of aromatic nitrogens is 1. The Labute approximate surface area is 102 Å². The minimum atomic E-state index is 0.473. The van der Waals surface area contributed by atoms with E-state index in [4.69, 9.17) is 0 Å². The van der Waals surface area contributed by atoms with Crippen LogP contribution in [0.4, 0.5) is 5.69 Å². The van der Waals surface area contributed by atoms with Crippen LogP contribution in [0.1, 0.15) is 19.5 Å². The van der Waals surface area contributed by atoms with E-state index in [0.717, 1.165) is 23.4 Å². The summed E-state index contributed by atoms with van der Waals surface area (Å²) in [6.07, 6.45) is 0. The Balaban J connectivity index is 2.38. The molecule has 0 saturated carbocycles. The van der Waals surface area contributed by atoms with Gasteiger partial charge in [-0.2, -0.15) is 0 Å². The molecule has 90 valence electrons. The summed E-state index contributed by atoms with van der Waals surface area (Å²) in [5.41, 5.74) is 3.25. The number of rotatable bonds is 4. The van der Waals surface area contributed by atoms with Crippen LogP contribution < -0.4 is 10.6 Å². The molecule has 0 amide bonds. The third kappa shape index (κ3) is 2.74. The van der Waals surface area contributed by atoms with Crippen molar-refractivity contribution in [3.05, 3.63) is 36.0 Å². The molecule has 0 aliphatic carbocycles. The normalized spacial score (nSPS) is 11.1. The van der Waals surface area contributed by atoms with Crippen molar-refractivity contribution in [2.24, 2.45) is 0 Å². The highest BCUT2D eigenvalue weighted by Gasteiger charge is 2.04. The van der Waals surface area contributed by atoms with E-state index in [1.54, 1.807) is 0 Å². The lowest BCUT2D eigenvalue weighted by Crippen LogP contribution is -2.22. The van der Waals surface area contributed by atoms with Crippen LogP contribution in [0.15, 0.2) is 30.3 Å². The number of nitrogens with one attached hydrogen (secondary N) is 2. The van der Waals surface area contributed by atoms with Gasteiger partial charge in [-0.05, 0) is 12.1 Å². The average molecular weight is 229 g/mol. The van der Waals surface area contributed by atoms with Gasteiger partial charge in [0.1, 0.15) is 0 Å². The molecule has 0 unspecified atom stereocenters. The third-order valence-corrected chi connectivity index (χ3v) is 2.73. The summed E-state index contributed by atoms with van der Waals surface area (Å²) < 4.78 is 0. The molecule has 1 aromatic heterocycles. The lowest BCUT2D eigenvalue weighted by atomic mass is 10.1. The minimum absolute atomic E-state index is 0.473. The molecular weight excluding hydrogens is 210 g/mol. The Hall–Kier alpha value is -1.61. The highest BCUT2D eigenvalue weighted by Crippen LogP contribution is 2.22. The second-order valence-corrected chi connectivity index (χ2v) is 4.46. The molecule has 0 radical (unpaired) electrons. The molecule has 1 heterocycles. The molecule has 0 bridgehead atoms. The number of hydrogen-bond acceptors (Lipinski definition) is 3. The van der Waals surface area contributed by atoms with Crippen LogP contribution in [-0.2, 0) is 6.54 Å². The van der Waals surface area contributed by atoms with Gasteiger partial charge in [-0.25, -0.2) is 0 Å². The van der Waals surface area contributed by atoms with E-state index in [9.17, 15) is 0 Å². The number of anilines is 1. The Morgan fingerprint density at radius 1 is 1.24 bits per heavy atom. The summed E-state index contributed by atoms with van der Waals surface area (Å²) in [5.74, 6) is 0. The SMILES string of the molecule is CNc1cc(CNC(C)C)nc2ccccc12. The molecule has 0 fully saturated rings. The van der Waals surface area contributed by atoms with E-state index >= 15 is 0 Å². The molecule has 0 aliphatic heterocycles. The first-order valence-corrected chi connectivity index (χ1v) is 6.00. The van der Waals surface area contributed by atoms with Crippen LogP contribution in [-0.4, -0.2) is 18.1 Å². The standard InChI is InChI=1S/C14H19N3/c1-10(2)16-9-11-8-14(15-3)12-6-4-5-7-13(12)17-11/h4-8,10,16H,9H2,1-3H3,(H,15,17). The lowest BCUT2D eigenvalue weighted by Gasteiger charge is -2.11. The quantitative estimate of drug-likeness (QED) is 0.846. The topological polar surface area (TPSA) is 37.0 Å². The predicted octanol–water partition coefficient (Wildman–Crippen LogP) is 2.77. The Bertz CT molecular complexity index is 506. The zero-order valence-electron chi connectivity index (χ0n) is 10.6. The van der Waals surface area contributed by atoms with Crippen molar-refractivity contribution in [1.82, 2.24) is 10.3 Å². The molecule has 0 aliphatic rings. The molecule has 2 aromatic rings. The van der Waals surface area contributed by atoms with Crippen LogP contribution in [0.5, 0.6) is 0 Å². The largest absolute Gasteiger partial charge is 0.388 e. The second-order valence-electron chi connectivity index (χ2n) is 4.46. The molecule has 0 atom stereocenters. The van der Waals surface area contributed by atoms with Crippen molar-refractivity contribution >= 4 is 16.6 Å². The third-order valence-electron chi connectivity index (χ3n) is 2.73. The van der Waals surface area contributed by atoms with Crippen molar-refractivity contribution in [1.29, 1.82) is 0 Å². The molecule has 1 aromatic carbocycles. The molecule has 3 heteroatoms. The fourth-order valence-corrected chi connectivity index (χ4v) is 1.84. The van der Waals surface area contributed by atoms with Crippen LogP contribution in [0.25, 0.3) is 10.9 Å². The van der Waals surface area contributed by atoms with E-state index in [-0.39, 0.29) is 0 Å². The first-order valence-electron chi connectivity index (χ1n) is 6.00. The van der Waals surface area contributed by atoms with Gasteiger partial charge in [0.05, 0.1) is 11.2 Å². The van der Waals surface area contributed by atoms with Crippen molar-refractivity contribution in [3.8, 4) is 0 Å². The summed E-state index contributed by atoms with van der Waals surface area (Å²) in [7, 11) is 1.95. The number of benzene rings is 1. The first-order chi connectivity index (χ1) is 8.20. The number of hydrogen-bond donors (Lipinski definition) is 2. The van der Waals surface area contributed by atoms with E-state index in [1.807, 2.05) is 19.2 Å². The lowest BCUT2D eigenvalue weighted by molar-refractivity contribution is 0.582. The number of fused-ring (bicyclic) bond motifs is 1. The van der Waals surface area contributed by atoms with Crippen molar-refractivity contribution in [2.75, 3.05) is 12.4 Å². The fourth-order valence-electron chi connectivity index (χ4n) is 1.84. The Morgan fingerprint density at radius 2 is 2.00 bits per heavy atom. The summed E-state index contributed by atoms with van der Waals surface area (Å²) >= 11 is 0. The summed E-state index contributed by atoms with van der Waals surface area (Å²) in [4.78, 5) is 4.65. The average Bonchev–Trinajstić information content (AvgIpc) is 2.35. The van der Waals surface area contributed by atoms with E-state index in [2.05, 4.69) is 47.7 Å². The molecule has 2 rings (SSSR count). The molecule has 17 heavy (non-hydrogen) atoms. The van der Waals surface area contributed by atoms with Gasteiger partial charge >= 0.3 is 0 Å². The highest BCUT2D eigenvalue weighted by atomic mass is 14.9. The number of para-hydroxylation sites is 1. The van der Waals surface area contributed by atoms with Gasteiger partial charge in [0.25, 0.3) is 0 Å². The van der Waals surface area contributed by atoms with Gasteiger partial charge in [-0.1, -0.05) is 32.0 Å². The smallest absolute Gasteiger partial charge is 0.0726 e. The van der Waals surface area contributed by atoms with E-state index in [1.165, 1.54) is 5.39 Å². The second kappa shape index (κ2) is 5.15. The van der Waals surface area contributed by atoms with Gasteiger partial charge in [0, 0.05) is 30.7 Å². The summed E-state index contributed by atoms with van der Waals surface area (Å²) in [6.45, 7) is 5.08. The Morgan fingerprint density at radius 3 is 2.71 bits per heavy atom. The minimum Gasteiger partial charge on any atom is -0.388 e. The van der Waals surface area contributed by atoms with Crippen molar-refractivity contribution < 1.29 is 0 Å².